The first-order valence-electron chi connectivity index (χ1n) is 5.36. The minimum atomic E-state index is 0.142. The first-order chi connectivity index (χ1) is 9.06. The van der Waals surface area contributed by atoms with E-state index < -0.39 is 0 Å². The summed E-state index contributed by atoms with van der Waals surface area (Å²) >= 11 is 7.41. The number of aromatic nitrogens is 4. The number of hydrogen-bond acceptors (Lipinski definition) is 6. The van der Waals surface area contributed by atoms with E-state index in [1.54, 1.807) is 6.20 Å². The van der Waals surface area contributed by atoms with E-state index in [-0.39, 0.29) is 11.2 Å². The van der Waals surface area contributed by atoms with Crippen molar-refractivity contribution in [3.63, 3.8) is 0 Å². The Labute approximate surface area is 119 Å². The molecule has 8 heteroatoms. The predicted molar refractivity (Wildman–Crippen MR) is 78.0 cm³/mol. The van der Waals surface area contributed by atoms with E-state index in [2.05, 4.69) is 19.9 Å². The quantitative estimate of drug-likeness (QED) is 0.542. The number of anilines is 1. The Morgan fingerprint density at radius 3 is 2.84 bits per heavy atom. The monoisotopic (exact) mass is 287 g/mol. The number of rotatable bonds is 1. The highest BCUT2D eigenvalue weighted by Gasteiger charge is 2.15. The normalized spacial score (nSPS) is 11.1. The summed E-state index contributed by atoms with van der Waals surface area (Å²) in [6.07, 6.45) is 1.63. The molecule has 0 aliphatic rings. The molecule has 0 aliphatic carbocycles. The Morgan fingerprint density at radius 2 is 2.11 bits per heavy atom. The summed E-state index contributed by atoms with van der Waals surface area (Å²) < 4.78 is 0.860. The molecule has 92 valence electrons. The molecular formula is C11H7BClN5S. The van der Waals surface area contributed by atoms with Crippen LogP contribution < -0.4 is 11.2 Å². The Balaban J connectivity index is 2.35. The molecule has 2 radical (unpaired) electrons. The highest BCUT2D eigenvalue weighted by molar-refractivity contribution is 7.18. The van der Waals surface area contributed by atoms with Crippen molar-refractivity contribution in [1.82, 2.24) is 19.9 Å². The van der Waals surface area contributed by atoms with Crippen molar-refractivity contribution in [3.05, 3.63) is 22.6 Å². The molecule has 0 fully saturated rings. The maximum absolute atomic E-state index is 5.95. The third kappa shape index (κ3) is 2.04. The van der Waals surface area contributed by atoms with Gasteiger partial charge in [-0.3, -0.25) is 0 Å². The zero-order valence-electron chi connectivity index (χ0n) is 9.88. The van der Waals surface area contributed by atoms with Crippen LogP contribution in [-0.4, -0.2) is 27.8 Å². The molecule has 0 aromatic carbocycles. The van der Waals surface area contributed by atoms with Crippen molar-refractivity contribution < 1.29 is 0 Å². The van der Waals surface area contributed by atoms with Crippen LogP contribution in [0.4, 0.5) is 5.95 Å². The van der Waals surface area contributed by atoms with Crippen molar-refractivity contribution in [2.24, 2.45) is 0 Å². The van der Waals surface area contributed by atoms with E-state index in [0.29, 0.717) is 16.7 Å². The molecule has 3 aromatic heterocycles. The summed E-state index contributed by atoms with van der Waals surface area (Å²) in [5, 5.41) is 1.95. The van der Waals surface area contributed by atoms with Crippen LogP contribution in [0.5, 0.6) is 0 Å². The molecule has 0 unspecified atom stereocenters. The summed E-state index contributed by atoms with van der Waals surface area (Å²) in [7, 11) is 5.86. The number of fused-ring (bicyclic) bond motifs is 1. The molecule has 19 heavy (non-hydrogen) atoms. The molecule has 2 N–H and O–H groups in total. The fraction of sp³-hybridized carbons (Fsp3) is 0.0909. The van der Waals surface area contributed by atoms with Crippen molar-refractivity contribution in [3.8, 4) is 11.3 Å². The van der Waals surface area contributed by atoms with Crippen LogP contribution in [0.15, 0.2) is 11.6 Å². The SMILES string of the molecule is [B]c1csc2c(-c3cnc(N)nc3C)nc(Cl)nc12. The number of hydrogen-bond donors (Lipinski definition) is 1. The van der Waals surface area contributed by atoms with Crippen LogP contribution in [0.25, 0.3) is 21.5 Å². The number of aryl methyl sites for hydroxylation is 1. The Hall–Kier alpha value is -1.73. The lowest BCUT2D eigenvalue weighted by atomic mass is 9.98. The third-order valence-corrected chi connectivity index (χ3v) is 3.83. The first kappa shape index (κ1) is 12.3. The minimum absolute atomic E-state index is 0.142. The van der Waals surface area contributed by atoms with Gasteiger partial charge < -0.3 is 5.73 Å². The second kappa shape index (κ2) is 4.43. The molecular weight excluding hydrogens is 280 g/mol. The number of thiophene rings is 1. The van der Waals surface area contributed by atoms with Crippen LogP contribution in [-0.2, 0) is 0 Å². The average Bonchev–Trinajstić information content (AvgIpc) is 2.71. The van der Waals surface area contributed by atoms with Gasteiger partial charge in [0.05, 0.1) is 21.6 Å². The third-order valence-electron chi connectivity index (χ3n) is 2.67. The largest absolute Gasteiger partial charge is 0.368 e. The summed E-state index contributed by atoms with van der Waals surface area (Å²) in [5.74, 6) is 0.225. The number of nitrogen functional groups attached to an aromatic ring is 1. The fourth-order valence-electron chi connectivity index (χ4n) is 1.81. The summed E-state index contributed by atoms with van der Waals surface area (Å²) in [5.41, 5.74) is 8.96. The first-order valence-corrected chi connectivity index (χ1v) is 6.61. The van der Waals surface area contributed by atoms with Gasteiger partial charge >= 0.3 is 0 Å². The van der Waals surface area contributed by atoms with Gasteiger partial charge in [0, 0.05) is 11.8 Å². The molecule has 0 saturated carbocycles. The fourth-order valence-corrected chi connectivity index (χ4v) is 2.88. The van der Waals surface area contributed by atoms with Gasteiger partial charge in [-0.25, -0.2) is 19.9 Å². The van der Waals surface area contributed by atoms with Gasteiger partial charge in [0.15, 0.2) is 0 Å². The van der Waals surface area contributed by atoms with E-state index >= 15 is 0 Å². The Bertz CT molecular complexity index is 788. The molecule has 5 nitrogen and oxygen atoms in total. The van der Waals surface area contributed by atoms with E-state index in [4.69, 9.17) is 25.2 Å². The van der Waals surface area contributed by atoms with Crippen LogP contribution in [0.1, 0.15) is 5.69 Å². The van der Waals surface area contributed by atoms with Gasteiger partial charge in [-0.2, -0.15) is 0 Å². The van der Waals surface area contributed by atoms with E-state index in [9.17, 15) is 0 Å². The average molecular weight is 288 g/mol. The van der Waals surface area contributed by atoms with E-state index in [1.165, 1.54) is 11.3 Å². The van der Waals surface area contributed by atoms with Crippen LogP contribution in [0, 0.1) is 6.92 Å². The van der Waals surface area contributed by atoms with Gasteiger partial charge in [0.25, 0.3) is 0 Å². The lowest BCUT2D eigenvalue weighted by molar-refractivity contribution is 1.11. The Kier molecular flexibility index (Phi) is 2.87. The van der Waals surface area contributed by atoms with Crippen molar-refractivity contribution in [2.75, 3.05) is 5.73 Å². The summed E-state index contributed by atoms with van der Waals surface area (Å²) in [6, 6.07) is 0. The van der Waals surface area contributed by atoms with E-state index in [0.717, 1.165) is 16.0 Å². The highest BCUT2D eigenvalue weighted by Crippen LogP contribution is 2.31. The molecule has 0 saturated heterocycles. The van der Waals surface area contributed by atoms with Gasteiger partial charge in [0.1, 0.15) is 7.85 Å². The topological polar surface area (TPSA) is 77.6 Å². The maximum atomic E-state index is 5.95. The zero-order valence-corrected chi connectivity index (χ0v) is 11.5. The molecule has 3 heterocycles. The van der Waals surface area contributed by atoms with Crippen molar-refractivity contribution >= 4 is 52.4 Å². The number of halogens is 1. The van der Waals surface area contributed by atoms with Gasteiger partial charge in [-0.05, 0) is 23.9 Å². The molecule has 0 spiro atoms. The lowest BCUT2D eigenvalue weighted by Gasteiger charge is -2.06. The second-order valence-electron chi connectivity index (χ2n) is 3.94. The van der Waals surface area contributed by atoms with Crippen molar-refractivity contribution in [2.45, 2.75) is 6.92 Å². The zero-order chi connectivity index (χ0) is 13.6. The van der Waals surface area contributed by atoms with Crippen LogP contribution in [0.3, 0.4) is 0 Å². The highest BCUT2D eigenvalue weighted by atomic mass is 35.5. The van der Waals surface area contributed by atoms with E-state index in [1.807, 2.05) is 12.3 Å². The summed E-state index contributed by atoms with van der Waals surface area (Å²) in [6.45, 7) is 1.84. The smallest absolute Gasteiger partial charge is 0.223 e. The van der Waals surface area contributed by atoms with Gasteiger partial charge in [-0.1, -0.05) is 5.46 Å². The standard InChI is InChI=1S/C11H7BClN5S/c1-4-5(2-15-11(14)16-4)7-9-8(6(12)3-19-9)18-10(13)17-7/h2-3H,1H3,(H2,14,15,16). The maximum Gasteiger partial charge on any atom is 0.223 e. The number of nitrogens with two attached hydrogens (primary N) is 1. The molecule has 0 bridgehead atoms. The molecule has 3 aromatic rings. The minimum Gasteiger partial charge on any atom is -0.368 e. The van der Waals surface area contributed by atoms with Crippen molar-refractivity contribution in [1.29, 1.82) is 0 Å². The van der Waals surface area contributed by atoms with Crippen LogP contribution >= 0.6 is 22.9 Å². The summed E-state index contributed by atoms with van der Waals surface area (Å²) in [4.78, 5) is 16.5. The molecule has 0 amide bonds. The molecule has 3 rings (SSSR count). The lowest BCUT2D eigenvalue weighted by Crippen LogP contribution is -2.03. The van der Waals surface area contributed by atoms with Gasteiger partial charge in [0.2, 0.25) is 11.2 Å². The molecule has 0 atom stereocenters. The number of nitrogens with zero attached hydrogens (tertiary/aromatic N) is 4. The Morgan fingerprint density at radius 1 is 1.32 bits per heavy atom. The molecule has 0 aliphatic heterocycles. The second-order valence-corrected chi connectivity index (χ2v) is 5.16. The van der Waals surface area contributed by atoms with Crippen LogP contribution in [0.2, 0.25) is 5.28 Å². The predicted octanol–water partition coefficient (Wildman–Crippen LogP) is 1.49. The van der Waals surface area contributed by atoms with Gasteiger partial charge in [-0.15, -0.1) is 11.3 Å².